The predicted molar refractivity (Wildman–Crippen MR) is 77.5 cm³/mol. The van der Waals surface area contributed by atoms with Gasteiger partial charge in [0.25, 0.3) is 0 Å². The van der Waals surface area contributed by atoms with Crippen LogP contribution in [0.3, 0.4) is 0 Å². The number of fused-ring (bicyclic) bond motifs is 1. The highest BCUT2D eigenvalue weighted by Gasteiger charge is 2.30. The van der Waals surface area contributed by atoms with Crippen molar-refractivity contribution in [3.05, 3.63) is 24.3 Å². The van der Waals surface area contributed by atoms with Gasteiger partial charge in [-0.05, 0) is 18.6 Å². The summed E-state index contributed by atoms with van der Waals surface area (Å²) < 4.78 is 16.9. The molecule has 22 heavy (non-hydrogen) atoms. The fourth-order valence-corrected chi connectivity index (χ4v) is 2.80. The van der Waals surface area contributed by atoms with Gasteiger partial charge in [0.05, 0.1) is 25.7 Å². The number of carbonyl (C=O) groups is 1. The molecule has 0 spiro atoms. The molecule has 3 rings (SSSR count). The minimum Gasteiger partial charge on any atom is -0.486 e. The number of hydrogen-bond acceptors (Lipinski definition) is 4. The molecule has 2 heterocycles. The van der Waals surface area contributed by atoms with E-state index in [1.165, 1.54) is 0 Å². The van der Waals surface area contributed by atoms with Crippen LogP contribution in [-0.2, 0) is 14.6 Å². The van der Waals surface area contributed by atoms with E-state index in [4.69, 9.17) is 14.2 Å². The van der Waals surface area contributed by atoms with E-state index in [1.807, 2.05) is 24.3 Å². The second kappa shape index (κ2) is 6.98. The van der Waals surface area contributed by atoms with Crippen LogP contribution in [0.4, 0.5) is 0 Å². The second-order valence-corrected chi connectivity index (χ2v) is 5.53. The van der Waals surface area contributed by atoms with Gasteiger partial charge in [0, 0.05) is 6.54 Å². The van der Waals surface area contributed by atoms with Crippen molar-refractivity contribution in [1.29, 1.82) is 0 Å². The fraction of sp³-hybridized carbons (Fsp3) is 0.562. The van der Waals surface area contributed by atoms with Gasteiger partial charge < -0.3 is 19.1 Å². The van der Waals surface area contributed by atoms with Gasteiger partial charge in [0.2, 0.25) is 5.91 Å². The average molecular weight is 306 g/mol. The predicted octanol–water partition coefficient (Wildman–Crippen LogP) is 1.26. The van der Waals surface area contributed by atoms with E-state index in [0.29, 0.717) is 26.1 Å². The van der Waals surface area contributed by atoms with E-state index in [0.717, 1.165) is 17.9 Å². The monoisotopic (exact) mass is 306 g/mol. The molecular formula is C16H20NO5. The molecule has 2 unspecified atom stereocenters. The minimum atomic E-state index is -0.263. The van der Waals surface area contributed by atoms with Crippen LogP contribution in [0.1, 0.15) is 12.8 Å². The maximum absolute atomic E-state index is 12.2. The highest BCUT2D eigenvalue weighted by atomic mass is 16.6. The van der Waals surface area contributed by atoms with Crippen LogP contribution in [0.15, 0.2) is 24.3 Å². The van der Waals surface area contributed by atoms with E-state index in [1.54, 1.807) is 4.90 Å². The lowest BCUT2D eigenvalue weighted by Crippen LogP contribution is -2.48. The van der Waals surface area contributed by atoms with Crippen molar-refractivity contribution in [1.82, 2.24) is 4.90 Å². The Labute approximate surface area is 129 Å². The summed E-state index contributed by atoms with van der Waals surface area (Å²) in [6, 6.07) is 7.54. The number of rotatable bonds is 5. The Kier molecular flexibility index (Phi) is 4.80. The zero-order valence-corrected chi connectivity index (χ0v) is 12.4. The highest BCUT2D eigenvalue weighted by molar-refractivity contribution is 5.77. The van der Waals surface area contributed by atoms with Gasteiger partial charge in [0.1, 0.15) is 13.2 Å². The molecule has 1 aromatic carbocycles. The Morgan fingerprint density at radius 1 is 1.27 bits per heavy atom. The number of para-hydroxylation sites is 2. The second-order valence-electron chi connectivity index (χ2n) is 5.53. The Morgan fingerprint density at radius 2 is 2.09 bits per heavy atom. The number of carbonyl (C=O) groups excluding carboxylic acids is 1. The summed E-state index contributed by atoms with van der Waals surface area (Å²) in [5.41, 5.74) is 0. The van der Waals surface area contributed by atoms with Gasteiger partial charge in [0.15, 0.2) is 17.6 Å². The molecule has 0 aromatic heterocycles. The van der Waals surface area contributed by atoms with Crippen molar-refractivity contribution < 1.29 is 24.1 Å². The first kappa shape index (κ1) is 15.1. The summed E-state index contributed by atoms with van der Waals surface area (Å²) in [6.07, 6.45) is 0.819. The molecule has 0 N–H and O–H groups in total. The molecule has 6 nitrogen and oxygen atoms in total. The zero-order chi connectivity index (χ0) is 15.4. The smallest absolute Gasteiger partial charge is 0.225 e. The molecule has 1 aromatic rings. The van der Waals surface area contributed by atoms with Crippen LogP contribution in [0.5, 0.6) is 11.5 Å². The topological polar surface area (TPSA) is 67.9 Å². The van der Waals surface area contributed by atoms with Gasteiger partial charge in [-0.2, -0.15) is 0 Å². The van der Waals surface area contributed by atoms with Gasteiger partial charge in [-0.3, -0.25) is 4.79 Å². The van der Waals surface area contributed by atoms with Crippen molar-refractivity contribution in [2.75, 3.05) is 32.9 Å². The number of nitrogens with zero attached hydrogens (tertiary/aromatic N) is 1. The molecule has 0 bridgehead atoms. The summed E-state index contributed by atoms with van der Waals surface area (Å²) in [4.78, 5) is 13.9. The van der Waals surface area contributed by atoms with Crippen LogP contribution in [0.25, 0.3) is 0 Å². The van der Waals surface area contributed by atoms with E-state index in [-0.39, 0.29) is 31.3 Å². The van der Waals surface area contributed by atoms with Crippen molar-refractivity contribution in [3.8, 4) is 11.5 Å². The first-order chi connectivity index (χ1) is 10.8. The third kappa shape index (κ3) is 3.51. The molecular weight excluding hydrogens is 286 g/mol. The van der Waals surface area contributed by atoms with E-state index >= 15 is 0 Å². The molecule has 2 aliphatic heterocycles. The minimum absolute atomic E-state index is 0.0459. The summed E-state index contributed by atoms with van der Waals surface area (Å²) >= 11 is 0. The molecule has 1 amide bonds. The van der Waals surface area contributed by atoms with Crippen LogP contribution >= 0.6 is 0 Å². The number of piperidine rings is 1. The number of hydrogen-bond donors (Lipinski definition) is 0. The summed E-state index contributed by atoms with van der Waals surface area (Å²) in [7, 11) is 0. The van der Waals surface area contributed by atoms with Crippen LogP contribution in [-0.4, -0.2) is 55.9 Å². The lowest BCUT2D eigenvalue weighted by molar-refractivity contribution is -0.141. The lowest BCUT2D eigenvalue weighted by atomic mass is 10.1. The van der Waals surface area contributed by atoms with Gasteiger partial charge in [-0.15, -0.1) is 0 Å². The maximum Gasteiger partial charge on any atom is 0.225 e. The van der Waals surface area contributed by atoms with Crippen LogP contribution in [0.2, 0.25) is 0 Å². The van der Waals surface area contributed by atoms with E-state index in [2.05, 4.69) is 0 Å². The molecule has 1 saturated heterocycles. The highest BCUT2D eigenvalue weighted by Crippen LogP contribution is 2.31. The number of likely N-dealkylation sites (tertiary alicyclic amines) is 1. The molecule has 1 fully saturated rings. The molecule has 2 atom stereocenters. The molecule has 0 aliphatic carbocycles. The SMILES string of the molecule is [O]CCOC1CCN(CC2COc3ccccc3O2)C(=O)C1. The van der Waals surface area contributed by atoms with Gasteiger partial charge >= 0.3 is 0 Å². The Balaban J connectivity index is 1.51. The third-order valence-corrected chi connectivity index (χ3v) is 3.90. The standard InChI is InChI=1S/C16H20NO5/c18-7-8-20-12-5-6-17(16(19)9-12)10-13-11-21-14-3-1-2-4-15(14)22-13/h1-4,12-13H,5-11H2. The van der Waals surface area contributed by atoms with Crippen molar-refractivity contribution in [3.63, 3.8) is 0 Å². The largest absolute Gasteiger partial charge is 0.486 e. The first-order valence-electron chi connectivity index (χ1n) is 7.62. The lowest BCUT2D eigenvalue weighted by Gasteiger charge is -2.35. The summed E-state index contributed by atoms with van der Waals surface area (Å²) in [5, 5.41) is 10.4. The zero-order valence-electron chi connectivity index (χ0n) is 12.4. The Hall–Kier alpha value is -1.79. The summed E-state index contributed by atoms with van der Waals surface area (Å²) in [6.45, 7) is 1.50. The van der Waals surface area contributed by atoms with Crippen molar-refractivity contribution in [2.24, 2.45) is 0 Å². The molecule has 2 aliphatic rings. The molecule has 0 saturated carbocycles. The maximum atomic E-state index is 12.2. The van der Waals surface area contributed by atoms with Gasteiger partial charge in [-0.1, -0.05) is 12.1 Å². The average Bonchev–Trinajstić information content (AvgIpc) is 2.55. The number of amides is 1. The Bertz CT molecular complexity index is 521. The van der Waals surface area contributed by atoms with Crippen LogP contribution < -0.4 is 9.47 Å². The van der Waals surface area contributed by atoms with Gasteiger partial charge in [-0.25, -0.2) is 5.11 Å². The van der Waals surface area contributed by atoms with E-state index in [9.17, 15) is 9.90 Å². The molecule has 1 radical (unpaired) electrons. The van der Waals surface area contributed by atoms with Crippen LogP contribution in [0, 0.1) is 0 Å². The van der Waals surface area contributed by atoms with Crippen molar-refractivity contribution >= 4 is 5.91 Å². The van der Waals surface area contributed by atoms with Crippen molar-refractivity contribution in [2.45, 2.75) is 25.0 Å². The fourth-order valence-electron chi connectivity index (χ4n) is 2.80. The third-order valence-electron chi connectivity index (χ3n) is 3.90. The normalized spacial score (nSPS) is 24.4. The number of benzene rings is 1. The first-order valence-corrected chi connectivity index (χ1v) is 7.62. The summed E-state index contributed by atoms with van der Waals surface area (Å²) in [5.74, 6) is 1.51. The number of ether oxygens (including phenoxy) is 3. The van der Waals surface area contributed by atoms with E-state index < -0.39 is 0 Å². The molecule has 6 heteroatoms. The molecule has 119 valence electrons. The quantitative estimate of drug-likeness (QED) is 0.821. The Morgan fingerprint density at radius 3 is 2.86 bits per heavy atom.